The first-order valence-corrected chi connectivity index (χ1v) is 8.93. The maximum absolute atomic E-state index is 14.1. The van der Waals surface area contributed by atoms with Crippen LogP contribution in [0.15, 0.2) is 48.5 Å². The molecule has 0 aliphatic carbocycles. The number of carbonyl (C=O) groups excluding carboxylic acids is 1. The van der Waals surface area contributed by atoms with Crippen LogP contribution in [0, 0.1) is 12.7 Å². The number of nitrogens with one attached hydrogen (secondary N) is 1. The molecule has 6 nitrogen and oxygen atoms in total. The summed E-state index contributed by atoms with van der Waals surface area (Å²) in [5, 5.41) is 2.61. The average Bonchev–Trinajstić information content (AvgIpc) is 2.55. The Morgan fingerprint density at radius 1 is 1.08 bits per heavy atom. The van der Waals surface area contributed by atoms with E-state index in [0.717, 1.165) is 20.2 Å². The Morgan fingerprint density at radius 2 is 1.68 bits per heavy atom. The monoisotopic (exact) mass is 365 g/mol. The van der Waals surface area contributed by atoms with Crippen LogP contribution >= 0.6 is 0 Å². The normalized spacial score (nSPS) is 11.4. The van der Waals surface area contributed by atoms with E-state index in [4.69, 9.17) is 0 Å². The maximum Gasteiger partial charge on any atom is 0.304 e. The van der Waals surface area contributed by atoms with Gasteiger partial charge in [0.25, 0.3) is 0 Å². The van der Waals surface area contributed by atoms with Gasteiger partial charge in [-0.1, -0.05) is 29.8 Å². The number of benzene rings is 2. The zero-order chi connectivity index (χ0) is 18.6. The van der Waals surface area contributed by atoms with E-state index in [1.165, 1.54) is 32.3 Å². The molecule has 0 aliphatic rings. The van der Waals surface area contributed by atoms with Crippen molar-refractivity contribution >= 4 is 27.5 Å². The number of carbonyl (C=O) groups is 1. The molecule has 134 valence electrons. The van der Waals surface area contributed by atoms with Gasteiger partial charge in [0, 0.05) is 19.8 Å². The zero-order valence-corrected chi connectivity index (χ0v) is 15.0. The number of hydrogen-bond acceptors (Lipinski definition) is 3. The molecule has 0 radical (unpaired) electrons. The first-order chi connectivity index (χ1) is 11.7. The molecule has 0 aliphatic heterocycles. The number of amides is 1. The number of nitrogens with zero attached hydrogens (tertiary/aromatic N) is 2. The van der Waals surface area contributed by atoms with Crippen LogP contribution in [0.1, 0.15) is 5.56 Å². The first kappa shape index (κ1) is 18.9. The third kappa shape index (κ3) is 4.55. The van der Waals surface area contributed by atoms with Crippen LogP contribution in [-0.2, 0) is 15.0 Å². The second-order valence-corrected chi connectivity index (χ2v) is 7.73. The molecule has 0 atom stereocenters. The molecule has 2 rings (SSSR count). The van der Waals surface area contributed by atoms with Crippen LogP contribution in [0.4, 0.5) is 15.8 Å². The second-order valence-electron chi connectivity index (χ2n) is 5.66. The number of anilines is 2. The smallest absolute Gasteiger partial charge is 0.304 e. The van der Waals surface area contributed by atoms with E-state index in [2.05, 4.69) is 5.32 Å². The lowest BCUT2D eigenvalue weighted by Gasteiger charge is -2.27. The highest BCUT2D eigenvalue weighted by Gasteiger charge is 2.29. The number of para-hydroxylation sites is 1. The Bertz CT molecular complexity index is 852. The molecule has 2 aromatic rings. The number of aryl methyl sites for hydroxylation is 1. The van der Waals surface area contributed by atoms with Crippen molar-refractivity contribution in [2.24, 2.45) is 0 Å². The minimum Gasteiger partial charge on any atom is -0.325 e. The second kappa shape index (κ2) is 7.62. The van der Waals surface area contributed by atoms with E-state index >= 15 is 0 Å². The average molecular weight is 365 g/mol. The fraction of sp³-hybridized carbons (Fsp3) is 0.235. The molecule has 0 saturated heterocycles. The lowest BCUT2D eigenvalue weighted by molar-refractivity contribution is -0.114. The minimum absolute atomic E-state index is 0.185. The van der Waals surface area contributed by atoms with Crippen molar-refractivity contribution in [3.8, 4) is 0 Å². The van der Waals surface area contributed by atoms with Crippen molar-refractivity contribution in [2.45, 2.75) is 6.92 Å². The van der Waals surface area contributed by atoms with Gasteiger partial charge in [0.2, 0.25) is 5.91 Å². The van der Waals surface area contributed by atoms with Crippen LogP contribution < -0.4 is 9.62 Å². The van der Waals surface area contributed by atoms with E-state index in [-0.39, 0.29) is 5.69 Å². The van der Waals surface area contributed by atoms with Crippen LogP contribution in [0.3, 0.4) is 0 Å². The Labute approximate surface area is 147 Å². The number of rotatable bonds is 6. The molecular weight excluding hydrogens is 345 g/mol. The molecule has 25 heavy (non-hydrogen) atoms. The summed E-state index contributed by atoms with van der Waals surface area (Å²) < 4.78 is 40.8. The lowest BCUT2D eigenvalue weighted by Crippen LogP contribution is -2.44. The molecule has 0 bridgehead atoms. The molecule has 0 spiro atoms. The van der Waals surface area contributed by atoms with Gasteiger partial charge in [0.1, 0.15) is 12.4 Å². The highest BCUT2D eigenvalue weighted by atomic mass is 32.2. The molecule has 1 N–H and O–H groups in total. The predicted molar refractivity (Wildman–Crippen MR) is 96.2 cm³/mol. The summed E-state index contributed by atoms with van der Waals surface area (Å²) in [6.07, 6.45) is 0. The van der Waals surface area contributed by atoms with Gasteiger partial charge in [-0.05, 0) is 31.2 Å². The molecule has 8 heteroatoms. The summed E-state index contributed by atoms with van der Waals surface area (Å²) in [5.74, 6) is -1.30. The summed E-state index contributed by atoms with van der Waals surface area (Å²) in [4.78, 5) is 12.3. The van der Waals surface area contributed by atoms with Gasteiger partial charge in [-0.15, -0.1) is 0 Å². The first-order valence-electron chi connectivity index (χ1n) is 7.53. The van der Waals surface area contributed by atoms with Crippen LogP contribution in [0.25, 0.3) is 0 Å². The van der Waals surface area contributed by atoms with Gasteiger partial charge in [-0.3, -0.25) is 4.79 Å². The maximum atomic E-state index is 14.1. The lowest BCUT2D eigenvalue weighted by atomic mass is 10.2. The molecule has 0 heterocycles. The highest BCUT2D eigenvalue weighted by Crippen LogP contribution is 2.23. The third-order valence-electron chi connectivity index (χ3n) is 3.48. The Morgan fingerprint density at radius 3 is 2.24 bits per heavy atom. The quantitative estimate of drug-likeness (QED) is 0.855. The predicted octanol–water partition coefficient (Wildman–Crippen LogP) is 2.39. The van der Waals surface area contributed by atoms with Gasteiger partial charge >= 0.3 is 10.2 Å². The zero-order valence-electron chi connectivity index (χ0n) is 14.2. The molecule has 1 amide bonds. The minimum atomic E-state index is -4.04. The van der Waals surface area contributed by atoms with Crippen molar-refractivity contribution in [3.63, 3.8) is 0 Å². The van der Waals surface area contributed by atoms with Crippen molar-refractivity contribution < 1.29 is 17.6 Å². The van der Waals surface area contributed by atoms with Crippen molar-refractivity contribution in [2.75, 3.05) is 30.3 Å². The molecular formula is C17H20FN3O3S. The van der Waals surface area contributed by atoms with Crippen LogP contribution in [-0.4, -0.2) is 39.3 Å². The molecule has 0 unspecified atom stereocenters. The summed E-state index contributed by atoms with van der Waals surface area (Å²) in [5.41, 5.74) is 1.38. The third-order valence-corrected chi connectivity index (χ3v) is 5.29. The SMILES string of the molecule is Cc1ccc(NC(=O)CN(c2ccccc2F)S(=O)(=O)N(C)C)cc1. The van der Waals surface area contributed by atoms with E-state index in [9.17, 15) is 17.6 Å². The number of halogens is 1. The summed E-state index contributed by atoms with van der Waals surface area (Å²) in [6, 6.07) is 12.5. The van der Waals surface area contributed by atoms with Crippen molar-refractivity contribution in [1.29, 1.82) is 0 Å². The van der Waals surface area contributed by atoms with Gasteiger partial charge in [-0.2, -0.15) is 12.7 Å². The Hall–Kier alpha value is -2.45. The largest absolute Gasteiger partial charge is 0.325 e. The van der Waals surface area contributed by atoms with Gasteiger partial charge in [0.15, 0.2) is 0 Å². The fourth-order valence-corrected chi connectivity index (χ4v) is 3.18. The standard InChI is InChI=1S/C17H20FN3O3S/c1-13-8-10-14(11-9-13)19-17(22)12-21(25(23,24)20(2)3)16-7-5-4-6-15(16)18/h4-11H,12H2,1-3H3,(H,19,22). The van der Waals surface area contributed by atoms with E-state index in [0.29, 0.717) is 5.69 Å². The number of hydrogen-bond donors (Lipinski definition) is 1. The molecule has 0 aromatic heterocycles. The van der Waals surface area contributed by atoms with Gasteiger partial charge in [0.05, 0.1) is 5.69 Å². The van der Waals surface area contributed by atoms with Crippen LogP contribution in [0.2, 0.25) is 0 Å². The van der Waals surface area contributed by atoms with Crippen molar-refractivity contribution in [1.82, 2.24) is 4.31 Å². The van der Waals surface area contributed by atoms with Gasteiger partial charge in [-0.25, -0.2) is 8.70 Å². The van der Waals surface area contributed by atoms with Crippen molar-refractivity contribution in [3.05, 3.63) is 59.9 Å². The molecule has 0 saturated carbocycles. The molecule has 2 aromatic carbocycles. The van der Waals surface area contributed by atoms with E-state index in [1.807, 2.05) is 19.1 Å². The topological polar surface area (TPSA) is 69.7 Å². The van der Waals surface area contributed by atoms with E-state index < -0.39 is 28.5 Å². The Kier molecular flexibility index (Phi) is 5.76. The van der Waals surface area contributed by atoms with Gasteiger partial charge < -0.3 is 5.32 Å². The highest BCUT2D eigenvalue weighted by molar-refractivity contribution is 7.90. The Balaban J connectivity index is 2.29. The summed E-state index contributed by atoms with van der Waals surface area (Å²) in [6.45, 7) is 1.37. The van der Waals surface area contributed by atoms with Crippen LogP contribution in [0.5, 0.6) is 0 Å². The summed E-state index contributed by atoms with van der Waals surface area (Å²) in [7, 11) is -1.40. The summed E-state index contributed by atoms with van der Waals surface area (Å²) >= 11 is 0. The molecule has 0 fully saturated rings. The van der Waals surface area contributed by atoms with E-state index in [1.54, 1.807) is 12.1 Å². The fourth-order valence-electron chi connectivity index (χ4n) is 2.11.